The normalized spacial score (nSPS) is 25.7. The third-order valence-corrected chi connectivity index (χ3v) is 7.50. The lowest BCUT2D eigenvalue weighted by Gasteiger charge is -2.26. The van der Waals surface area contributed by atoms with Gasteiger partial charge in [0, 0.05) is 11.7 Å². The van der Waals surface area contributed by atoms with E-state index < -0.39 is 9.84 Å². The van der Waals surface area contributed by atoms with Crippen molar-refractivity contribution in [1.29, 1.82) is 0 Å². The van der Waals surface area contributed by atoms with E-state index in [1.807, 2.05) is 49.9 Å². The summed E-state index contributed by atoms with van der Waals surface area (Å²) in [6, 6.07) is 7.28. The second kappa shape index (κ2) is 7.60. The molecule has 2 saturated heterocycles. The van der Waals surface area contributed by atoms with Crippen LogP contribution in [0.5, 0.6) is 5.75 Å². The minimum Gasteiger partial charge on any atom is -0.492 e. The van der Waals surface area contributed by atoms with Crippen LogP contribution in [0.25, 0.3) is 0 Å². The van der Waals surface area contributed by atoms with Gasteiger partial charge in [-0.05, 0) is 25.0 Å². The van der Waals surface area contributed by atoms with Crippen LogP contribution in [0.2, 0.25) is 0 Å². The molecule has 26 heavy (non-hydrogen) atoms. The zero-order valence-electron chi connectivity index (χ0n) is 15.2. The molecular weight excluding hydrogens is 372 g/mol. The molecule has 0 N–H and O–H groups in total. The molecule has 2 unspecified atom stereocenters. The van der Waals surface area contributed by atoms with E-state index in [-0.39, 0.29) is 34.6 Å². The highest BCUT2D eigenvalue weighted by molar-refractivity contribution is 8.16. The van der Waals surface area contributed by atoms with Crippen LogP contribution in [-0.4, -0.2) is 48.9 Å². The van der Waals surface area contributed by atoms with E-state index in [0.29, 0.717) is 23.9 Å². The average molecular weight is 397 g/mol. The van der Waals surface area contributed by atoms with Gasteiger partial charge in [-0.3, -0.25) is 4.79 Å². The van der Waals surface area contributed by atoms with E-state index >= 15 is 0 Å². The van der Waals surface area contributed by atoms with E-state index in [1.165, 1.54) is 11.8 Å². The van der Waals surface area contributed by atoms with E-state index in [1.54, 1.807) is 0 Å². The molecule has 6 nitrogen and oxygen atoms in total. The van der Waals surface area contributed by atoms with Crippen molar-refractivity contribution in [2.24, 2.45) is 10.9 Å². The van der Waals surface area contributed by atoms with Crippen LogP contribution in [0, 0.1) is 5.92 Å². The van der Waals surface area contributed by atoms with Crippen molar-refractivity contribution in [3.63, 3.8) is 0 Å². The van der Waals surface area contributed by atoms with Crippen LogP contribution < -0.4 is 9.64 Å². The Kier molecular flexibility index (Phi) is 5.62. The zero-order chi connectivity index (χ0) is 18.9. The van der Waals surface area contributed by atoms with Crippen molar-refractivity contribution >= 4 is 38.4 Å². The van der Waals surface area contributed by atoms with Crippen molar-refractivity contribution in [1.82, 2.24) is 0 Å². The van der Waals surface area contributed by atoms with Crippen LogP contribution in [0.3, 0.4) is 0 Å². The summed E-state index contributed by atoms with van der Waals surface area (Å²) in [5, 5.41) is 0.466. The zero-order valence-corrected chi connectivity index (χ0v) is 16.8. The number of thioether (sulfide) groups is 1. The Morgan fingerprint density at radius 1 is 1.35 bits per heavy atom. The van der Waals surface area contributed by atoms with Crippen LogP contribution in [0.4, 0.5) is 5.69 Å². The fourth-order valence-electron chi connectivity index (χ4n) is 3.28. The number of anilines is 1. The standard InChI is InChI=1S/C18H24N2O4S2/c1-4-24-15-8-6-5-7-13(15)20-14-10-26(22,23)11-16(14)25-18(20)19-17(21)9-12(2)3/h5-8,12,14,16H,4,9-11H2,1-3H3. The third kappa shape index (κ3) is 4.06. The number of carbonyl (C=O) groups excluding carboxylic acids is 1. The molecule has 0 saturated carbocycles. The summed E-state index contributed by atoms with van der Waals surface area (Å²) in [6.07, 6.45) is 0.374. The number of hydrogen-bond acceptors (Lipinski definition) is 5. The van der Waals surface area contributed by atoms with Gasteiger partial charge in [-0.2, -0.15) is 4.99 Å². The van der Waals surface area contributed by atoms with Crippen molar-refractivity contribution in [2.75, 3.05) is 23.0 Å². The molecule has 1 amide bonds. The van der Waals surface area contributed by atoms with Crippen LogP contribution >= 0.6 is 11.8 Å². The van der Waals surface area contributed by atoms with E-state index in [0.717, 1.165) is 5.69 Å². The average Bonchev–Trinajstić information content (AvgIpc) is 2.98. The number of nitrogens with zero attached hydrogens (tertiary/aromatic N) is 2. The van der Waals surface area contributed by atoms with Gasteiger partial charge in [-0.1, -0.05) is 37.7 Å². The molecular formula is C18H24N2O4S2. The number of hydrogen-bond donors (Lipinski definition) is 0. The summed E-state index contributed by atoms with van der Waals surface area (Å²) < 4.78 is 30.0. The highest BCUT2D eigenvalue weighted by Gasteiger charge is 2.50. The van der Waals surface area contributed by atoms with Crippen LogP contribution in [-0.2, 0) is 14.6 Å². The van der Waals surface area contributed by atoms with Gasteiger partial charge in [-0.15, -0.1) is 0 Å². The van der Waals surface area contributed by atoms with Gasteiger partial charge in [0.2, 0.25) is 5.91 Å². The Bertz CT molecular complexity index is 820. The molecule has 8 heteroatoms. The third-order valence-electron chi connectivity index (χ3n) is 4.29. The van der Waals surface area contributed by atoms with Gasteiger partial charge in [0.25, 0.3) is 0 Å². The highest BCUT2D eigenvalue weighted by atomic mass is 32.2. The summed E-state index contributed by atoms with van der Waals surface area (Å²) in [6.45, 7) is 6.36. The number of para-hydroxylation sites is 2. The lowest BCUT2D eigenvalue weighted by Crippen LogP contribution is -2.38. The summed E-state index contributed by atoms with van der Waals surface area (Å²) in [4.78, 5) is 18.5. The fourth-order valence-corrected chi connectivity index (χ4v) is 7.21. The number of benzene rings is 1. The molecule has 1 aromatic rings. The SMILES string of the molecule is CCOc1ccccc1N1C(=NC(=O)CC(C)C)SC2CS(=O)(=O)CC21. The Morgan fingerprint density at radius 3 is 2.77 bits per heavy atom. The first-order valence-corrected chi connectivity index (χ1v) is 11.5. The number of carbonyl (C=O) groups is 1. The largest absolute Gasteiger partial charge is 0.492 e. The number of aliphatic imine (C=N–C) groups is 1. The first-order chi connectivity index (χ1) is 12.3. The molecule has 0 aliphatic carbocycles. The van der Waals surface area contributed by atoms with Crippen molar-refractivity contribution in [3.05, 3.63) is 24.3 Å². The van der Waals surface area contributed by atoms with E-state index in [2.05, 4.69) is 4.99 Å². The molecule has 2 aliphatic heterocycles. The van der Waals surface area contributed by atoms with E-state index in [9.17, 15) is 13.2 Å². The van der Waals surface area contributed by atoms with Gasteiger partial charge in [-0.25, -0.2) is 8.42 Å². The quantitative estimate of drug-likeness (QED) is 0.762. The second-order valence-corrected chi connectivity index (χ2v) is 10.3. The topological polar surface area (TPSA) is 76.0 Å². The Hall–Kier alpha value is -1.54. The lowest BCUT2D eigenvalue weighted by molar-refractivity contribution is -0.118. The molecule has 2 fully saturated rings. The summed E-state index contributed by atoms with van der Waals surface area (Å²) in [7, 11) is -3.09. The molecule has 0 bridgehead atoms. The van der Waals surface area contributed by atoms with Crippen LogP contribution in [0.15, 0.2) is 29.3 Å². The summed E-state index contributed by atoms with van der Waals surface area (Å²) in [5.74, 6) is 0.909. The smallest absolute Gasteiger partial charge is 0.248 e. The number of rotatable bonds is 5. The molecule has 142 valence electrons. The monoisotopic (exact) mass is 396 g/mol. The molecule has 2 aliphatic rings. The Labute approximate surface area is 158 Å². The molecule has 0 spiro atoms. The first kappa shape index (κ1) is 19.2. The number of amides is 1. The van der Waals surface area contributed by atoms with Crippen molar-refractivity contribution in [2.45, 2.75) is 38.5 Å². The Balaban J connectivity index is 2.01. The molecule has 0 aromatic heterocycles. The number of ether oxygens (including phenoxy) is 1. The lowest BCUT2D eigenvalue weighted by atomic mass is 10.1. The molecule has 2 heterocycles. The number of amidine groups is 1. The summed E-state index contributed by atoms with van der Waals surface area (Å²) in [5.41, 5.74) is 0.766. The van der Waals surface area contributed by atoms with Gasteiger partial charge in [0.05, 0.1) is 29.8 Å². The maximum absolute atomic E-state index is 12.3. The van der Waals surface area contributed by atoms with Gasteiger partial charge >= 0.3 is 0 Å². The predicted molar refractivity (Wildman–Crippen MR) is 106 cm³/mol. The van der Waals surface area contributed by atoms with Gasteiger partial charge in [0.15, 0.2) is 15.0 Å². The molecule has 2 atom stereocenters. The number of fused-ring (bicyclic) bond motifs is 1. The molecule has 1 aromatic carbocycles. The van der Waals surface area contributed by atoms with Gasteiger partial charge in [0.1, 0.15) is 5.75 Å². The van der Waals surface area contributed by atoms with Gasteiger partial charge < -0.3 is 9.64 Å². The second-order valence-electron chi connectivity index (χ2n) is 6.96. The fraction of sp³-hybridized carbons (Fsp3) is 0.556. The highest BCUT2D eigenvalue weighted by Crippen LogP contribution is 2.43. The maximum atomic E-state index is 12.3. The molecule has 3 rings (SSSR count). The van der Waals surface area contributed by atoms with Crippen molar-refractivity contribution in [3.8, 4) is 5.75 Å². The Morgan fingerprint density at radius 2 is 2.08 bits per heavy atom. The maximum Gasteiger partial charge on any atom is 0.248 e. The minimum atomic E-state index is -3.09. The molecule has 0 radical (unpaired) electrons. The van der Waals surface area contributed by atoms with Crippen molar-refractivity contribution < 1.29 is 17.9 Å². The number of sulfone groups is 1. The minimum absolute atomic E-state index is 0.0719. The predicted octanol–water partition coefficient (Wildman–Crippen LogP) is 2.73. The van der Waals surface area contributed by atoms with E-state index in [4.69, 9.17) is 4.74 Å². The summed E-state index contributed by atoms with van der Waals surface area (Å²) >= 11 is 1.39. The van der Waals surface area contributed by atoms with Crippen LogP contribution in [0.1, 0.15) is 27.2 Å². The first-order valence-electron chi connectivity index (χ1n) is 8.80.